The lowest BCUT2D eigenvalue weighted by atomic mass is 10.2. The van der Waals surface area contributed by atoms with E-state index in [-0.39, 0.29) is 6.61 Å². The molecule has 1 atom stereocenters. The van der Waals surface area contributed by atoms with Crippen LogP contribution < -0.4 is 9.64 Å². The zero-order valence-electron chi connectivity index (χ0n) is 18.0. The van der Waals surface area contributed by atoms with Crippen LogP contribution in [0.5, 0.6) is 5.75 Å². The van der Waals surface area contributed by atoms with Gasteiger partial charge in [-0.25, -0.2) is 9.78 Å². The molecule has 2 aromatic carbocycles. The number of hydrogen-bond donors (Lipinski definition) is 1. The molecule has 1 N–H and O–H groups in total. The van der Waals surface area contributed by atoms with E-state index in [1.54, 1.807) is 18.4 Å². The van der Waals surface area contributed by atoms with Crippen LogP contribution in [0.3, 0.4) is 0 Å². The Bertz CT molecular complexity index is 1010. The Morgan fingerprint density at radius 3 is 2.53 bits per heavy atom. The summed E-state index contributed by atoms with van der Waals surface area (Å²) in [4.78, 5) is 18.4. The Balaban J connectivity index is 1.75. The Hall–Kier alpha value is -2.64. The maximum atomic E-state index is 12.2. The quantitative estimate of drug-likeness (QED) is 0.562. The van der Waals surface area contributed by atoms with Crippen molar-refractivity contribution < 1.29 is 19.4 Å². The van der Waals surface area contributed by atoms with Crippen molar-refractivity contribution in [3.8, 4) is 16.3 Å². The van der Waals surface area contributed by atoms with Crippen molar-refractivity contribution in [2.24, 2.45) is 0 Å². The normalized spacial score (nSPS) is 12.6. The summed E-state index contributed by atoms with van der Waals surface area (Å²) in [5.41, 5.74) is 2.08. The minimum Gasteiger partial charge on any atom is -0.491 e. The molecule has 1 amide bonds. The maximum absolute atomic E-state index is 12.2. The van der Waals surface area contributed by atoms with Crippen LogP contribution >= 0.6 is 11.3 Å². The first-order chi connectivity index (χ1) is 14.2. The summed E-state index contributed by atoms with van der Waals surface area (Å²) in [5, 5.41) is 10.6. The molecule has 30 heavy (non-hydrogen) atoms. The molecule has 0 saturated carbocycles. The van der Waals surface area contributed by atoms with Crippen LogP contribution in [-0.2, 0) is 4.74 Å². The van der Waals surface area contributed by atoms with Crippen LogP contribution in [0.25, 0.3) is 20.8 Å². The lowest BCUT2D eigenvalue weighted by molar-refractivity contribution is 0.0589. The number of carbonyl (C=O) groups excluding carboxylic acids is 1. The molecule has 3 rings (SSSR count). The highest BCUT2D eigenvalue weighted by atomic mass is 32.1. The van der Waals surface area contributed by atoms with E-state index < -0.39 is 17.8 Å². The fourth-order valence-corrected chi connectivity index (χ4v) is 3.69. The summed E-state index contributed by atoms with van der Waals surface area (Å²) >= 11 is 1.57. The van der Waals surface area contributed by atoms with Gasteiger partial charge >= 0.3 is 6.09 Å². The second-order valence-corrected chi connectivity index (χ2v) is 9.14. The second-order valence-electron chi connectivity index (χ2n) is 8.11. The molecule has 0 bridgehead atoms. The van der Waals surface area contributed by atoms with Gasteiger partial charge in [0.1, 0.15) is 23.0 Å². The smallest absolute Gasteiger partial charge is 0.414 e. The number of nitrogens with zero attached hydrogens (tertiary/aromatic N) is 2. The molecule has 0 aliphatic carbocycles. The molecule has 0 spiro atoms. The fraction of sp³-hybridized carbons (Fsp3) is 0.391. The molecule has 0 fully saturated rings. The molecule has 0 radical (unpaired) electrons. The van der Waals surface area contributed by atoms with Gasteiger partial charge in [0.05, 0.1) is 16.3 Å². The van der Waals surface area contributed by atoms with Gasteiger partial charge in [-0.2, -0.15) is 0 Å². The molecule has 0 aliphatic rings. The predicted octanol–water partition coefficient (Wildman–Crippen LogP) is 5.48. The number of thiazole rings is 1. The zero-order valence-corrected chi connectivity index (χ0v) is 18.8. The average Bonchev–Trinajstić information content (AvgIpc) is 3.13. The number of aromatic nitrogens is 1. The SMILES string of the molecule is CC[C@H](O)COc1ccc2nc(-c3ccc(N(C)C(=O)OC(C)(C)C)cc3)sc2c1. The van der Waals surface area contributed by atoms with Crippen molar-refractivity contribution in [3.63, 3.8) is 0 Å². The van der Waals surface area contributed by atoms with E-state index >= 15 is 0 Å². The molecule has 0 aliphatic heterocycles. The first-order valence-corrected chi connectivity index (χ1v) is 10.8. The molecule has 3 aromatic rings. The zero-order chi connectivity index (χ0) is 21.9. The second kappa shape index (κ2) is 9.02. The minimum atomic E-state index is -0.538. The van der Waals surface area contributed by atoms with Crippen LogP contribution in [0.4, 0.5) is 10.5 Å². The first-order valence-electron chi connectivity index (χ1n) is 9.95. The van der Waals surface area contributed by atoms with Gasteiger partial charge in [0.2, 0.25) is 0 Å². The van der Waals surface area contributed by atoms with Crippen molar-refractivity contribution in [2.75, 3.05) is 18.6 Å². The fourth-order valence-electron chi connectivity index (χ4n) is 2.69. The number of carbonyl (C=O) groups is 1. The summed E-state index contributed by atoms with van der Waals surface area (Å²) in [6.45, 7) is 7.73. The minimum absolute atomic E-state index is 0.278. The lowest BCUT2D eigenvalue weighted by Crippen LogP contribution is -2.34. The topological polar surface area (TPSA) is 71.9 Å². The number of aliphatic hydroxyl groups is 1. The van der Waals surface area contributed by atoms with Crippen LogP contribution in [0, 0.1) is 0 Å². The Morgan fingerprint density at radius 2 is 1.90 bits per heavy atom. The number of aliphatic hydroxyl groups excluding tert-OH is 1. The summed E-state index contributed by atoms with van der Waals surface area (Å²) in [7, 11) is 1.69. The van der Waals surface area contributed by atoms with Gasteiger partial charge in [-0.3, -0.25) is 4.90 Å². The van der Waals surface area contributed by atoms with Crippen molar-refractivity contribution in [2.45, 2.75) is 45.8 Å². The van der Waals surface area contributed by atoms with Crippen LogP contribution in [0.2, 0.25) is 0 Å². The van der Waals surface area contributed by atoms with E-state index in [1.807, 2.05) is 70.2 Å². The van der Waals surface area contributed by atoms with E-state index in [4.69, 9.17) is 14.5 Å². The van der Waals surface area contributed by atoms with Gasteiger partial charge in [0.25, 0.3) is 0 Å². The first kappa shape index (κ1) is 22.1. The molecule has 0 saturated heterocycles. The van der Waals surface area contributed by atoms with Crippen molar-refractivity contribution in [3.05, 3.63) is 42.5 Å². The summed E-state index contributed by atoms with van der Waals surface area (Å²) in [5.74, 6) is 0.722. The Labute approximate surface area is 181 Å². The lowest BCUT2D eigenvalue weighted by Gasteiger charge is -2.24. The standard InChI is InChI=1S/C23H28N2O4S/c1-6-17(26)14-28-18-11-12-19-20(13-18)30-21(24-19)15-7-9-16(10-8-15)25(5)22(27)29-23(2,3)4/h7-13,17,26H,6,14H2,1-5H3/t17-/m0/s1. The highest BCUT2D eigenvalue weighted by Gasteiger charge is 2.20. The van der Waals surface area contributed by atoms with E-state index in [2.05, 4.69) is 0 Å². The van der Waals surface area contributed by atoms with Crippen LogP contribution in [0.1, 0.15) is 34.1 Å². The molecule has 160 valence electrons. The van der Waals surface area contributed by atoms with Gasteiger partial charge in [-0.05, 0) is 69.7 Å². The molecule has 0 unspecified atom stereocenters. The summed E-state index contributed by atoms with van der Waals surface area (Å²) in [6.07, 6.45) is -0.197. The van der Waals surface area contributed by atoms with Crippen molar-refractivity contribution >= 4 is 33.3 Å². The number of anilines is 1. The van der Waals surface area contributed by atoms with Crippen LogP contribution in [-0.4, -0.2) is 41.5 Å². The van der Waals surface area contributed by atoms with E-state index in [9.17, 15) is 9.90 Å². The van der Waals surface area contributed by atoms with Gasteiger partial charge in [-0.15, -0.1) is 11.3 Å². The third-order valence-corrected chi connectivity index (χ3v) is 5.51. The third-order valence-electron chi connectivity index (χ3n) is 4.44. The third kappa shape index (κ3) is 5.49. The highest BCUT2D eigenvalue weighted by Crippen LogP contribution is 2.33. The Kier molecular flexibility index (Phi) is 6.63. The molecule has 7 heteroatoms. The summed E-state index contributed by atoms with van der Waals surface area (Å²) < 4.78 is 12.1. The van der Waals surface area contributed by atoms with Gasteiger partial charge in [0, 0.05) is 18.3 Å². The number of ether oxygens (including phenoxy) is 2. The largest absolute Gasteiger partial charge is 0.491 e. The monoisotopic (exact) mass is 428 g/mol. The average molecular weight is 429 g/mol. The molecular formula is C23H28N2O4S. The van der Waals surface area contributed by atoms with Crippen LogP contribution in [0.15, 0.2) is 42.5 Å². The van der Waals surface area contributed by atoms with E-state index in [0.29, 0.717) is 6.42 Å². The predicted molar refractivity (Wildman–Crippen MR) is 121 cm³/mol. The van der Waals surface area contributed by atoms with Gasteiger partial charge in [0.15, 0.2) is 0 Å². The number of hydrogen-bond acceptors (Lipinski definition) is 6. The molecule has 6 nitrogen and oxygen atoms in total. The number of fused-ring (bicyclic) bond motifs is 1. The molecule has 1 heterocycles. The van der Waals surface area contributed by atoms with E-state index in [1.165, 1.54) is 4.90 Å². The highest BCUT2D eigenvalue weighted by molar-refractivity contribution is 7.21. The molecule has 1 aromatic heterocycles. The number of benzene rings is 2. The maximum Gasteiger partial charge on any atom is 0.414 e. The number of rotatable bonds is 6. The van der Waals surface area contributed by atoms with Crippen molar-refractivity contribution in [1.82, 2.24) is 4.98 Å². The van der Waals surface area contributed by atoms with Gasteiger partial charge < -0.3 is 14.6 Å². The van der Waals surface area contributed by atoms with Gasteiger partial charge in [-0.1, -0.05) is 6.92 Å². The number of amides is 1. The molecular weight excluding hydrogens is 400 g/mol. The van der Waals surface area contributed by atoms with Crippen molar-refractivity contribution in [1.29, 1.82) is 0 Å². The van der Waals surface area contributed by atoms with E-state index in [0.717, 1.165) is 32.2 Å². The summed E-state index contributed by atoms with van der Waals surface area (Å²) in [6, 6.07) is 13.4. The Morgan fingerprint density at radius 1 is 1.20 bits per heavy atom.